The van der Waals surface area contributed by atoms with Gasteiger partial charge in [0.1, 0.15) is 11.4 Å². The lowest BCUT2D eigenvalue weighted by Gasteiger charge is -2.10. The van der Waals surface area contributed by atoms with Crippen molar-refractivity contribution < 1.29 is 58.8 Å². The number of aromatic nitrogens is 4. The van der Waals surface area contributed by atoms with E-state index >= 15 is 0 Å². The standard InChI is InChI=1S/C13H9F3N2O4S.C13H9F3N2O3S/c1-23(21,22)12-17-9(6-10(18-12)13(14,15)16)7-2-4-8(5-3-7)11(19)20;1-22(21)12-17-9(6-10(18-12)13(14,15)16)7-2-4-8(5-3-7)11(19)20/h2-6H,1H3,(H,19,20);2-6H,1H3,(H,19,20). The summed E-state index contributed by atoms with van der Waals surface area (Å²) in [6.45, 7) is 0. The molecule has 4 rings (SSSR count). The van der Waals surface area contributed by atoms with Crippen molar-refractivity contribution in [2.75, 3.05) is 12.5 Å². The van der Waals surface area contributed by atoms with E-state index in [-0.39, 0.29) is 33.6 Å². The Morgan fingerprint density at radius 2 is 1.07 bits per heavy atom. The van der Waals surface area contributed by atoms with Crippen LogP contribution in [0.5, 0.6) is 0 Å². The number of aromatic carboxylic acids is 2. The van der Waals surface area contributed by atoms with E-state index in [0.717, 1.165) is 6.07 Å². The summed E-state index contributed by atoms with van der Waals surface area (Å²) < 4.78 is 111. The van der Waals surface area contributed by atoms with Crippen LogP contribution in [-0.2, 0) is 33.0 Å². The molecule has 45 heavy (non-hydrogen) atoms. The predicted octanol–water partition coefficient (Wildman–Crippen LogP) is 4.86. The highest BCUT2D eigenvalue weighted by Gasteiger charge is 2.35. The molecule has 2 N–H and O–H groups in total. The molecule has 2 aromatic carbocycles. The summed E-state index contributed by atoms with van der Waals surface area (Å²) in [4.78, 5) is 35.3. The Labute approximate surface area is 252 Å². The molecule has 0 saturated carbocycles. The number of hydrogen-bond donors (Lipinski definition) is 2. The topological polar surface area (TPSA) is 177 Å². The normalized spacial score (nSPS) is 12.5. The minimum Gasteiger partial charge on any atom is -0.478 e. The lowest BCUT2D eigenvalue weighted by Crippen LogP contribution is -2.14. The van der Waals surface area contributed by atoms with Crippen molar-refractivity contribution >= 4 is 32.6 Å². The highest BCUT2D eigenvalue weighted by Crippen LogP contribution is 2.32. The van der Waals surface area contributed by atoms with E-state index in [1.165, 1.54) is 54.8 Å². The van der Waals surface area contributed by atoms with Gasteiger partial charge in [0, 0.05) is 23.6 Å². The summed E-state index contributed by atoms with van der Waals surface area (Å²) in [5.41, 5.74) is -2.63. The zero-order valence-electron chi connectivity index (χ0n) is 22.6. The van der Waals surface area contributed by atoms with Crippen LogP contribution in [0.1, 0.15) is 32.1 Å². The first-order valence-corrected chi connectivity index (χ1v) is 15.2. The number of hydrogen-bond acceptors (Lipinski definition) is 9. The van der Waals surface area contributed by atoms with Crippen LogP contribution in [0.15, 0.2) is 71.0 Å². The summed E-state index contributed by atoms with van der Waals surface area (Å²) in [5, 5.41) is 16.2. The number of halogens is 6. The average molecular weight is 677 g/mol. The van der Waals surface area contributed by atoms with Crippen molar-refractivity contribution in [3.63, 3.8) is 0 Å². The Hall–Kier alpha value is -4.78. The summed E-state index contributed by atoms with van der Waals surface area (Å²) in [6, 6.07) is 11.3. The van der Waals surface area contributed by atoms with Crippen LogP contribution in [0.25, 0.3) is 22.5 Å². The molecule has 2 aromatic heterocycles. The first-order valence-electron chi connectivity index (χ1n) is 11.8. The van der Waals surface area contributed by atoms with Crippen molar-refractivity contribution in [2.24, 2.45) is 0 Å². The lowest BCUT2D eigenvalue weighted by atomic mass is 10.1. The van der Waals surface area contributed by atoms with Crippen LogP contribution in [0.2, 0.25) is 0 Å². The molecule has 19 heteroatoms. The number of sulfone groups is 1. The number of benzene rings is 2. The maximum Gasteiger partial charge on any atom is 0.433 e. The van der Waals surface area contributed by atoms with Crippen LogP contribution in [0.4, 0.5) is 26.3 Å². The van der Waals surface area contributed by atoms with Gasteiger partial charge in [-0.25, -0.2) is 37.9 Å². The van der Waals surface area contributed by atoms with Crippen molar-refractivity contribution in [1.29, 1.82) is 0 Å². The second-order valence-electron chi connectivity index (χ2n) is 8.83. The van der Waals surface area contributed by atoms with Crippen molar-refractivity contribution in [2.45, 2.75) is 22.7 Å². The maximum absolute atomic E-state index is 12.9. The molecule has 238 valence electrons. The molecule has 1 atom stereocenters. The molecule has 11 nitrogen and oxygen atoms in total. The number of carboxylic acids is 2. The first-order chi connectivity index (χ1) is 20.7. The highest BCUT2D eigenvalue weighted by molar-refractivity contribution is 7.90. The highest BCUT2D eigenvalue weighted by atomic mass is 32.2. The number of carbonyl (C=O) groups is 2. The molecular formula is C26H18F6N4O7S2. The third kappa shape index (κ3) is 9.11. The fourth-order valence-corrected chi connectivity index (χ4v) is 4.28. The van der Waals surface area contributed by atoms with E-state index in [1.807, 2.05) is 0 Å². The van der Waals surface area contributed by atoms with E-state index in [1.54, 1.807) is 0 Å². The fraction of sp³-hybridized carbons (Fsp3) is 0.154. The third-order valence-electron chi connectivity index (χ3n) is 5.44. The molecule has 1 unspecified atom stereocenters. The third-order valence-corrected chi connectivity index (χ3v) is 6.98. The van der Waals surface area contributed by atoms with E-state index in [4.69, 9.17) is 10.2 Å². The second-order valence-corrected chi connectivity index (χ2v) is 12.0. The van der Waals surface area contributed by atoms with Gasteiger partial charge < -0.3 is 10.2 Å². The van der Waals surface area contributed by atoms with Crippen LogP contribution in [0, 0.1) is 0 Å². The molecule has 0 spiro atoms. The van der Waals surface area contributed by atoms with E-state index < -0.39 is 66.6 Å². The fourth-order valence-electron chi connectivity index (χ4n) is 3.30. The maximum atomic E-state index is 12.9. The van der Waals surface area contributed by atoms with Gasteiger partial charge in [-0.2, -0.15) is 26.3 Å². The SMILES string of the molecule is CS(=O)(=O)c1nc(-c2ccc(C(=O)O)cc2)cc(C(F)(F)F)n1.CS(=O)c1nc(-c2ccc(C(=O)O)cc2)cc(C(F)(F)F)n1. The molecule has 0 radical (unpaired) electrons. The van der Waals surface area contributed by atoms with Gasteiger partial charge in [-0.3, -0.25) is 4.21 Å². The lowest BCUT2D eigenvalue weighted by molar-refractivity contribution is -0.142. The van der Waals surface area contributed by atoms with Crippen LogP contribution < -0.4 is 0 Å². The predicted molar refractivity (Wildman–Crippen MR) is 144 cm³/mol. The smallest absolute Gasteiger partial charge is 0.433 e. The molecule has 0 aliphatic rings. The van der Waals surface area contributed by atoms with Crippen molar-refractivity contribution in [3.8, 4) is 22.5 Å². The zero-order valence-corrected chi connectivity index (χ0v) is 24.2. The largest absolute Gasteiger partial charge is 0.478 e. The monoisotopic (exact) mass is 676 g/mol. The number of nitrogens with zero attached hydrogens (tertiary/aromatic N) is 4. The van der Waals surface area contributed by atoms with E-state index in [9.17, 15) is 48.6 Å². The van der Waals surface area contributed by atoms with Gasteiger partial charge in [0.05, 0.1) is 33.3 Å². The Morgan fingerprint density at radius 3 is 1.40 bits per heavy atom. The average Bonchev–Trinajstić information content (AvgIpc) is 2.95. The van der Waals surface area contributed by atoms with Gasteiger partial charge in [-0.1, -0.05) is 24.3 Å². The molecule has 4 aromatic rings. The number of rotatable bonds is 6. The van der Waals surface area contributed by atoms with Gasteiger partial charge in [0.25, 0.3) is 0 Å². The summed E-state index contributed by atoms with van der Waals surface area (Å²) in [7, 11) is -5.84. The van der Waals surface area contributed by atoms with E-state index in [0.29, 0.717) is 12.3 Å². The van der Waals surface area contributed by atoms with Crippen molar-refractivity contribution in [1.82, 2.24) is 19.9 Å². The molecule has 2 heterocycles. The Kier molecular flexibility index (Phi) is 10.1. The minimum atomic E-state index is -4.85. The Bertz CT molecular complexity index is 1880. The van der Waals surface area contributed by atoms with Gasteiger partial charge in [-0.15, -0.1) is 0 Å². The molecule has 0 amide bonds. The zero-order chi connectivity index (χ0) is 33.9. The van der Waals surface area contributed by atoms with Crippen LogP contribution in [-0.4, -0.2) is 67.2 Å². The van der Waals surface area contributed by atoms with E-state index in [2.05, 4.69) is 19.9 Å². The van der Waals surface area contributed by atoms with Crippen LogP contribution in [0.3, 0.4) is 0 Å². The van der Waals surface area contributed by atoms with Gasteiger partial charge in [0.15, 0.2) is 0 Å². The summed E-state index contributed by atoms with van der Waals surface area (Å²) >= 11 is 0. The second kappa shape index (κ2) is 13.1. The Balaban J connectivity index is 0.000000246. The summed E-state index contributed by atoms with van der Waals surface area (Å²) in [5.74, 6) is -2.35. The quantitative estimate of drug-likeness (QED) is 0.211. The number of alkyl halides is 6. The molecular weight excluding hydrogens is 658 g/mol. The molecule has 0 aliphatic carbocycles. The molecule has 0 bridgehead atoms. The van der Waals surface area contributed by atoms with Gasteiger partial charge in [-0.05, 0) is 36.4 Å². The molecule has 0 aliphatic heterocycles. The van der Waals surface area contributed by atoms with Crippen LogP contribution >= 0.6 is 0 Å². The first kappa shape index (κ1) is 34.7. The number of carboxylic acid groups (broad SMARTS) is 2. The molecule has 0 fully saturated rings. The van der Waals surface area contributed by atoms with Gasteiger partial charge >= 0.3 is 24.3 Å². The van der Waals surface area contributed by atoms with Crippen molar-refractivity contribution in [3.05, 3.63) is 83.2 Å². The van der Waals surface area contributed by atoms with Gasteiger partial charge in [0.2, 0.25) is 20.2 Å². The Morgan fingerprint density at radius 1 is 0.689 bits per heavy atom. The molecule has 0 saturated heterocycles. The minimum absolute atomic E-state index is 0.00635. The summed E-state index contributed by atoms with van der Waals surface area (Å²) in [6.07, 6.45) is -7.68.